The number of hydrogen-bond donors (Lipinski definition) is 0. The fraction of sp³-hybridized carbons (Fsp3) is 0. The first-order valence-electron chi connectivity index (χ1n) is 28.2. The molecular weight excluding hydrogens is 1080 g/mol. The Labute approximate surface area is 491 Å². The van der Waals surface area contributed by atoms with Gasteiger partial charge in [0.1, 0.15) is 0 Å². The van der Waals surface area contributed by atoms with Crippen LogP contribution in [0.2, 0.25) is 0 Å². The van der Waals surface area contributed by atoms with Gasteiger partial charge in [-0.3, -0.25) is 4.57 Å². The van der Waals surface area contributed by atoms with Crippen molar-refractivity contribution in [3.05, 3.63) is 255 Å². The van der Waals surface area contributed by atoms with Crippen LogP contribution in [0.1, 0.15) is 0 Å². The molecule has 0 aliphatic carbocycles. The molecule has 12 aromatic carbocycles. The van der Waals surface area contributed by atoms with Crippen molar-refractivity contribution in [1.29, 1.82) is 0 Å². The summed E-state index contributed by atoms with van der Waals surface area (Å²) in [4.78, 5) is 16.3. The van der Waals surface area contributed by atoms with Gasteiger partial charge >= 0.3 is 0 Å². The Hall–Kier alpha value is -10.3. The molecular formula is C75H42N6S3. The molecule has 0 fully saturated rings. The predicted octanol–water partition coefficient (Wildman–Crippen LogP) is 21.3. The lowest BCUT2D eigenvalue weighted by Crippen LogP contribution is -2.06. The van der Waals surface area contributed by atoms with Gasteiger partial charge in [0.2, 0.25) is 5.95 Å². The molecule has 0 saturated heterocycles. The maximum atomic E-state index is 5.49. The molecule has 0 spiro atoms. The van der Waals surface area contributed by atoms with Gasteiger partial charge in [0.05, 0.1) is 33.1 Å². The first kappa shape index (κ1) is 46.3. The summed E-state index contributed by atoms with van der Waals surface area (Å²) < 4.78 is 14.8. The van der Waals surface area contributed by atoms with Crippen LogP contribution in [0.3, 0.4) is 0 Å². The molecule has 19 aromatic rings. The average molecular weight is 1120 g/mol. The van der Waals surface area contributed by atoms with Gasteiger partial charge in [0.25, 0.3) is 0 Å². The number of hydrogen-bond acceptors (Lipinski definition) is 6. The molecule has 0 amide bonds. The zero-order valence-electron chi connectivity index (χ0n) is 44.7. The highest BCUT2D eigenvalue weighted by Crippen LogP contribution is 2.44. The molecule has 7 aromatic heterocycles. The lowest BCUT2D eigenvalue weighted by atomic mass is 10.0. The largest absolute Gasteiger partial charge is 0.309 e. The van der Waals surface area contributed by atoms with Crippen LogP contribution in [0.25, 0.3) is 177 Å². The Morgan fingerprint density at radius 1 is 0.214 bits per heavy atom. The summed E-state index contributed by atoms with van der Waals surface area (Å²) in [6.45, 7) is 0. The number of nitrogens with zero attached hydrogens (tertiary/aromatic N) is 6. The fourth-order valence-electron chi connectivity index (χ4n) is 13.5. The third-order valence-electron chi connectivity index (χ3n) is 17.3. The van der Waals surface area contributed by atoms with Crippen molar-refractivity contribution >= 4 is 160 Å². The second-order valence-corrected chi connectivity index (χ2v) is 25.2. The zero-order chi connectivity index (χ0) is 54.7. The molecule has 0 radical (unpaired) electrons. The van der Waals surface area contributed by atoms with Crippen molar-refractivity contribution in [2.45, 2.75) is 0 Å². The molecule has 6 nitrogen and oxygen atoms in total. The van der Waals surface area contributed by atoms with Crippen LogP contribution >= 0.6 is 34.0 Å². The third-order valence-corrected chi connectivity index (χ3v) is 20.7. The van der Waals surface area contributed by atoms with Gasteiger partial charge in [-0.1, -0.05) is 127 Å². The summed E-state index contributed by atoms with van der Waals surface area (Å²) in [5, 5.41) is 14.5. The minimum Gasteiger partial charge on any atom is -0.309 e. The van der Waals surface area contributed by atoms with Gasteiger partial charge in [-0.05, 0) is 139 Å². The van der Waals surface area contributed by atoms with E-state index in [1.54, 1.807) is 0 Å². The van der Waals surface area contributed by atoms with Gasteiger partial charge in [-0.15, -0.1) is 34.0 Å². The van der Waals surface area contributed by atoms with E-state index in [-0.39, 0.29) is 0 Å². The number of fused-ring (bicyclic) bond motifs is 18. The van der Waals surface area contributed by atoms with Crippen LogP contribution in [0, 0.1) is 0 Å². The van der Waals surface area contributed by atoms with Crippen molar-refractivity contribution in [1.82, 2.24) is 28.7 Å². The van der Waals surface area contributed by atoms with Crippen molar-refractivity contribution < 1.29 is 0 Å². The van der Waals surface area contributed by atoms with Gasteiger partial charge in [-0.25, -0.2) is 4.98 Å². The number of para-hydroxylation sites is 3. The number of aromatic nitrogens is 6. The Bertz CT molecular complexity index is 5890. The fourth-order valence-corrected chi connectivity index (χ4v) is 16.7. The zero-order valence-corrected chi connectivity index (χ0v) is 47.1. The molecule has 0 N–H and O–H groups in total. The molecule has 7 heterocycles. The van der Waals surface area contributed by atoms with Gasteiger partial charge in [0, 0.05) is 115 Å². The van der Waals surface area contributed by atoms with Crippen molar-refractivity contribution in [2.75, 3.05) is 0 Å². The lowest BCUT2D eigenvalue weighted by Gasteiger charge is -2.12. The number of rotatable bonds is 6. The normalized spacial score (nSPS) is 12.3. The number of thiophene rings is 3. The quantitative estimate of drug-likeness (QED) is 0.167. The van der Waals surface area contributed by atoms with Crippen molar-refractivity contribution in [3.8, 4) is 51.2 Å². The number of benzene rings is 12. The molecule has 0 aliphatic heterocycles. The Morgan fingerprint density at radius 2 is 0.595 bits per heavy atom. The minimum absolute atomic E-state index is 0.569. The Kier molecular flexibility index (Phi) is 9.71. The van der Waals surface area contributed by atoms with E-state index in [9.17, 15) is 0 Å². The predicted molar refractivity (Wildman–Crippen MR) is 358 cm³/mol. The first-order chi connectivity index (χ1) is 41.6. The second-order valence-electron chi connectivity index (χ2n) is 21.9. The third kappa shape index (κ3) is 6.79. The van der Waals surface area contributed by atoms with E-state index >= 15 is 0 Å². The molecule has 0 atom stereocenters. The molecule has 9 heteroatoms. The summed E-state index contributed by atoms with van der Waals surface area (Å²) in [6.07, 6.45) is 0. The highest BCUT2D eigenvalue weighted by Gasteiger charge is 2.23. The van der Waals surface area contributed by atoms with Crippen LogP contribution < -0.4 is 0 Å². The minimum atomic E-state index is 0.569. The van der Waals surface area contributed by atoms with E-state index in [0.717, 1.165) is 60.6 Å². The molecule has 19 rings (SSSR count). The Balaban J connectivity index is 0.786. The standard InChI is InChI=1S/C75H42N6S3/c1-7-22-61-49(16-1)55-37-44(28-32-64(55)79(61)48-31-35-72-60(40-48)54-21-6-12-27-69(54)84-72)43-14-13-15-47(36-43)80-62-23-8-2-17-50(62)56-42-66-57(41-65(56)80)51-18-3-9-24-63(51)81(66)75-77-73(45-29-33-70-58(38-45)52-19-4-10-25-67(52)82-70)76-74(78-75)46-30-34-71-59(39-46)53-20-5-11-26-68(53)83-71/h1-42H. The summed E-state index contributed by atoms with van der Waals surface area (Å²) in [5.74, 6) is 1.82. The van der Waals surface area contributed by atoms with Crippen LogP contribution in [-0.4, -0.2) is 28.7 Å². The molecule has 0 aliphatic rings. The van der Waals surface area contributed by atoms with E-state index < -0.39 is 0 Å². The average Bonchev–Trinajstić information content (AvgIpc) is 2.02. The monoisotopic (exact) mass is 1120 g/mol. The molecule has 0 saturated carbocycles. The highest BCUT2D eigenvalue weighted by atomic mass is 32.1. The maximum Gasteiger partial charge on any atom is 0.238 e. The summed E-state index contributed by atoms with van der Waals surface area (Å²) in [5.41, 5.74) is 13.2. The summed E-state index contributed by atoms with van der Waals surface area (Å²) in [6, 6.07) is 93.4. The Morgan fingerprint density at radius 3 is 1.15 bits per heavy atom. The maximum absolute atomic E-state index is 5.49. The molecule has 84 heavy (non-hydrogen) atoms. The summed E-state index contributed by atoms with van der Waals surface area (Å²) >= 11 is 5.49. The lowest BCUT2D eigenvalue weighted by molar-refractivity contribution is 0.954. The van der Waals surface area contributed by atoms with Crippen molar-refractivity contribution in [2.24, 2.45) is 0 Å². The molecule has 390 valence electrons. The topological polar surface area (TPSA) is 53.5 Å². The van der Waals surface area contributed by atoms with E-state index in [0.29, 0.717) is 17.6 Å². The van der Waals surface area contributed by atoms with Crippen LogP contribution in [0.4, 0.5) is 0 Å². The molecule has 0 unspecified atom stereocenters. The molecule has 0 bridgehead atoms. The van der Waals surface area contributed by atoms with E-state index in [2.05, 4.69) is 268 Å². The van der Waals surface area contributed by atoms with Gasteiger partial charge < -0.3 is 9.13 Å². The highest BCUT2D eigenvalue weighted by molar-refractivity contribution is 7.26. The van der Waals surface area contributed by atoms with E-state index in [4.69, 9.17) is 15.0 Å². The van der Waals surface area contributed by atoms with E-state index in [1.165, 1.54) is 99.0 Å². The van der Waals surface area contributed by atoms with Crippen LogP contribution in [-0.2, 0) is 0 Å². The smallest absolute Gasteiger partial charge is 0.238 e. The van der Waals surface area contributed by atoms with Gasteiger partial charge in [-0.2, -0.15) is 9.97 Å². The first-order valence-corrected chi connectivity index (χ1v) is 30.7. The van der Waals surface area contributed by atoms with Gasteiger partial charge in [0.15, 0.2) is 11.6 Å². The van der Waals surface area contributed by atoms with Crippen molar-refractivity contribution in [3.63, 3.8) is 0 Å². The summed E-state index contributed by atoms with van der Waals surface area (Å²) in [7, 11) is 0. The SMILES string of the molecule is c1cc(-c2ccc3c(c2)c2ccccc2n3-c2ccc3sc4ccccc4c3c2)cc(-n2c3ccccc3c3cc4c(cc32)c2ccccc2n4-c2nc(-c3ccc4sc5ccccc5c4c3)nc(-c3ccc4sc5ccccc5c4c3)n2)c1. The van der Waals surface area contributed by atoms with E-state index in [1.807, 2.05) is 34.0 Å². The van der Waals surface area contributed by atoms with Crippen LogP contribution in [0.5, 0.6) is 0 Å². The van der Waals surface area contributed by atoms with Crippen LogP contribution in [0.15, 0.2) is 255 Å². The second kappa shape index (κ2) is 17.6.